The Morgan fingerprint density at radius 1 is 1.00 bits per heavy atom. The van der Waals surface area contributed by atoms with Gasteiger partial charge >= 0.3 is 5.97 Å². The zero-order valence-corrected chi connectivity index (χ0v) is 25.6. The summed E-state index contributed by atoms with van der Waals surface area (Å²) in [4.78, 5) is 50.7. The number of Topliss-reactive ketones (excluding diaryl/α,β-unsaturated/α-hetero) is 1. The van der Waals surface area contributed by atoms with Crippen LogP contribution in [-0.4, -0.2) is 65.2 Å². The number of aliphatic hydroxyl groups is 1. The third-order valence-electron chi connectivity index (χ3n) is 8.11. The molecule has 1 fully saturated rings. The van der Waals surface area contributed by atoms with Crippen molar-refractivity contribution < 1.29 is 34.1 Å². The summed E-state index contributed by atoms with van der Waals surface area (Å²) in [5.41, 5.74) is 0. The number of aliphatic carboxylic acids is 1. The number of nitrogens with one attached hydrogen (secondary N) is 3. The molecule has 5 atom stereocenters. The van der Waals surface area contributed by atoms with E-state index in [4.69, 9.17) is 4.74 Å². The van der Waals surface area contributed by atoms with Gasteiger partial charge in [-0.05, 0) is 36.3 Å². The lowest BCUT2D eigenvalue weighted by molar-refractivity contribution is -0.141. The number of carboxylic acid groups (broad SMARTS) is 1. The van der Waals surface area contributed by atoms with Crippen LogP contribution in [0.25, 0.3) is 0 Å². The summed E-state index contributed by atoms with van der Waals surface area (Å²) in [7, 11) is 0. The highest BCUT2D eigenvalue weighted by Crippen LogP contribution is 2.32. The van der Waals surface area contributed by atoms with Crippen molar-refractivity contribution in [1.29, 1.82) is 0 Å². The summed E-state index contributed by atoms with van der Waals surface area (Å²) in [5, 5.41) is 29.4. The maximum atomic E-state index is 13.5. The van der Waals surface area contributed by atoms with Crippen LogP contribution in [0, 0.1) is 23.7 Å². The first kappa shape index (κ1) is 35.2. The van der Waals surface area contributed by atoms with Crippen LogP contribution in [0.5, 0.6) is 5.75 Å². The van der Waals surface area contributed by atoms with E-state index in [9.17, 15) is 29.4 Å². The van der Waals surface area contributed by atoms with Crippen LogP contribution in [-0.2, 0) is 19.2 Å². The number of hydrogen-bond acceptors (Lipinski definition) is 7. The Bertz CT molecular complexity index is 982. The fraction of sp³-hybridized carbons (Fsp3) is 0.688. The number of benzene rings is 1. The normalized spacial score (nSPS) is 17.5. The average Bonchev–Trinajstić information content (AvgIpc) is 2.97. The second-order valence-electron chi connectivity index (χ2n) is 12.1. The number of ketones is 1. The molecule has 1 aromatic carbocycles. The maximum Gasteiger partial charge on any atom is 0.305 e. The van der Waals surface area contributed by atoms with E-state index in [1.54, 1.807) is 24.3 Å². The molecule has 1 aliphatic rings. The number of aliphatic hydroxyl groups excluding tert-OH is 1. The first-order chi connectivity index (χ1) is 20.0. The molecule has 10 nitrogen and oxygen atoms in total. The standard InChI is InChI=1S/C32H51N3O7/c1-5-22(4)19-33-32(41)30(21(2)3)35-31(40)24(16-23-12-8-6-9-13-23)17-27(36)26(18-29(38)39)34-28(37)20-42-25-14-10-7-11-15-25/h7,10-11,14-15,21-24,26,30-31,35,40H,5-6,8-9,12-13,16-20H2,1-4H3,(H,33,41)(H,34,37)(H,38,39)/t22-,24-,26+,30+,31?/m1/s1. The van der Waals surface area contributed by atoms with Gasteiger partial charge in [0.05, 0.1) is 18.5 Å². The average molecular weight is 590 g/mol. The second kappa shape index (κ2) is 18.5. The number of carboxylic acids is 1. The molecule has 1 saturated carbocycles. The van der Waals surface area contributed by atoms with Crippen molar-refractivity contribution in [2.24, 2.45) is 23.7 Å². The van der Waals surface area contributed by atoms with E-state index in [0.717, 1.165) is 38.5 Å². The smallest absolute Gasteiger partial charge is 0.305 e. The van der Waals surface area contributed by atoms with Gasteiger partial charge in [0.15, 0.2) is 12.4 Å². The van der Waals surface area contributed by atoms with E-state index in [0.29, 0.717) is 30.6 Å². The van der Waals surface area contributed by atoms with E-state index >= 15 is 0 Å². The van der Waals surface area contributed by atoms with Gasteiger partial charge < -0.3 is 25.6 Å². The topological polar surface area (TPSA) is 154 Å². The summed E-state index contributed by atoms with van der Waals surface area (Å²) in [6.07, 6.45) is 4.92. The summed E-state index contributed by atoms with van der Waals surface area (Å²) in [6, 6.07) is 6.76. The first-order valence-corrected chi connectivity index (χ1v) is 15.4. The van der Waals surface area contributed by atoms with Crippen molar-refractivity contribution in [1.82, 2.24) is 16.0 Å². The Balaban J connectivity index is 2.14. The molecule has 2 amide bonds. The number of amides is 2. The lowest BCUT2D eigenvalue weighted by Crippen LogP contribution is -2.54. The first-order valence-electron chi connectivity index (χ1n) is 15.4. The van der Waals surface area contributed by atoms with Gasteiger partial charge in [-0.25, -0.2) is 0 Å². The van der Waals surface area contributed by atoms with Crippen LogP contribution < -0.4 is 20.7 Å². The van der Waals surface area contributed by atoms with Crippen LogP contribution in [0.2, 0.25) is 0 Å². The highest BCUT2D eigenvalue weighted by Gasteiger charge is 2.34. The van der Waals surface area contributed by atoms with Gasteiger partial charge in [-0.2, -0.15) is 0 Å². The van der Waals surface area contributed by atoms with Crippen molar-refractivity contribution in [2.75, 3.05) is 13.2 Å². The number of carbonyl (C=O) groups excluding carboxylic acids is 3. The predicted molar refractivity (Wildman–Crippen MR) is 161 cm³/mol. The van der Waals surface area contributed by atoms with Crippen molar-refractivity contribution in [3.8, 4) is 5.75 Å². The van der Waals surface area contributed by atoms with E-state index in [1.807, 2.05) is 19.9 Å². The van der Waals surface area contributed by atoms with E-state index in [1.165, 1.54) is 0 Å². The minimum atomic E-state index is -1.27. The highest BCUT2D eigenvalue weighted by molar-refractivity contribution is 5.92. The lowest BCUT2D eigenvalue weighted by atomic mass is 9.80. The Morgan fingerprint density at radius 3 is 2.26 bits per heavy atom. The number of rotatable bonds is 19. The number of hydrogen-bond donors (Lipinski definition) is 5. The molecule has 236 valence electrons. The summed E-state index contributed by atoms with van der Waals surface area (Å²) in [5.74, 6) is -2.08. The SMILES string of the molecule is CC[C@@H](C)CNC(=O)[C@@H](NC(O)[C@@H](CC(=O)[C@H](CC(=O)O)NC(=O)COc1ccccc1)CC1CCCCC1)C(C)C. The van der Waals surface area contributed by atoms with Crippen molar-refractivity contribution in [3.05, 3.63) is 30.3 Å². The molecule has 5 N–H and O–H groups in total. The van der Waals surface area contributed by atoms with Crippen molar-refractivity contribution in [2.45, 2.75) is 104 Å². The molecule has 0 aliphatic heterocycles. The second-order valence-corrected chi connectivity index (χ2v) is 12.1. The molecule has 1 unspecified atom stereocenters. The van der Waals surface area contributed by atoms with Crippen LogP contribution in [0.15, 0.2) is 30.3 Å². The Hall–Kier alpha value is -2.98. The molecule has 1 aliphatic carbocycles. The van der Waals surface area contributed by atoms with Crippen LogP contribution in [0.1, 0.15) is 85.5 Å². The van der Waals surface area contributed by atoms with Gasteiger partial charge in [-0.3, -0.25) is 24.5 Å². The largest absolute Gasteiger partial charge is 0.484 e. The molecule has 42 heavy (non-hydrogen) atoms. The van der Waals surface area contributed by atoms with Crippen LogP contribution in [0.3, 0.4) is 0 Å². The fourth-order valence-electron chi connectivity index (χ4n) is 5.32. The predicted octanol–water partition coefficient (Wildman–Crippen LogP) is 3.67. The van der Waals surface area contributed by atoms with Gasteiger partial charge in [0.25, 0.3) is 5.91 Å². The minimum absolute atomic E-state index is 0.119. The third-order valence-corrected chi connectivity index (χ3v) is 8.11. The fourth-order valence-corrected chi connectivity index (χ4v) is 5.32. The molecular formula is C32H51N3O7. The molecule has 0 aromatic heterocycles. The van der Waals surface area contributed by atoms with Crippen molar-refractivity contribution in [3.63, 3.8) is 0 Å². The summed E-state index contributed by atoms with van der Waals surface area (Å²) >= 11 is 0. The Kier molecular flexibility index (Phi) is 15.5. The zero-order valence-electron chi connectivity index (χ0n) is 25.6. The maximum absolute atomic E-state index is 13.5. The zero-order chi connectivity index (χ0) is 31.1. The molecule has 2 rings (SSSR count). The molecule has 0 bridgehead atoms. The summed E-state index contributed by atoms with van der Waals surface area (Å²) in [6.45, 7) is 8.06. The molecule has 1 aromatic rings. The molecule has 0 spiro atoms. The molecule has 0 saturated heterocycles. The lowest BCUT2D eigenvalue weighted by Gasteiger charge is -2.33. The number of carbonyl (C=O) groups is 4. The van der Waals surface area contributed by atoms with E-state index in [-0.39, 0.29) is 24.9 Å². The van der Waals surface area contributed by atoms with Gasteiger partial charge in [-0.1, -0.05) is 84.4 Å². The quantitative estimate of drug-likeness (QED) is 0.153. The van der Waals surface area contributed by atoms with Crippen molar-refractivity contribution >= 4 is 23.6 Å². The van der Waals surface area contributed by atoms with Gasteiger partial charge in [0, 0.05) is 18.9 Å². The molecule has 10 heteroatoms. The van der Waals surface area contributed by atoms with Gasteiger partial charge in [-0.15, -0.1) is 0 Å². The summed E-state index contributed by atoms with van der Waals surface area (Å²) < 4.78 is 5.44. The van der Waals surface area contributed by atoms with E-state index in [2.05, 4.69) is 29.8 Å². The third kappa shape index (κ3) is 12.9. The Morgan fingerprint density at radius 2 is 1.67 bits per heavy atom. The number of para-hydroxylation sites is 1. The van der Waals surface area contributed by atoms with Crippen LogP contribution >= 0.6 is 0 Å². The number of ether oxygens (including phenoxy) is 1. The molecule has 0 radical (unpaired) electrons. The Labute approximate surface area is 250 Å². The van der Waals surface area contributed by atoms with Gasteiger partial charge in [0.1, 0.15) is 12.0 Å². The molecule has 0 heterocycles. The minimum Gasteiger partial charge on any atom is -0.484 e. The molecular weight excluding hydrogens is 538 g/mol. The van der Waals surface area contributed by atoms with Crippen LogP contribution in [0.4, 0.5) is 0 Å². The van der Waals surface area contributed by atoms with E-state index < -0.39 is 48.3 Å². The highest BCUT2D eigenvalue weighted by atomic mass is 16.5. The van der Waals surface area contributed by atoms with Gasteiger partial charge in [0.2, 0.25) is 5.91 Å². The monoisotopic (exact) mass is 589 g/mol.